The standard InChI is InChI=1S/C16H15NO/c1-3-13-6-8-14(9-7-13)16(18)17-15-10-4-12(2)5-11-15/h3-11H,1H2,2H3,(H,17,18). The summed E-state index contributed by atoms with van der Waals surface area (Å²) in [5.41, 5.74) is 3.62. The summed E-state index contributed by atoms with van der Waals surface area (Å²) in [5, 5.41) is 2.86. The summed E-state index contributed by atoms with van der Waals surface area (Å²) in [6.07, 6.45) is 1.75. The number of carbonyl (C=O) groups excluding carboxylic acids is 1. The summed E-state index contributed by atoms with van der Waals surface area (Å²) in [5.74, 6) is -0.102. The summed E-state index contributed by atoms with van der Waals surface area (Å²) >= 11 is 0. The quantitative estimate of drug-likeness (QED) is 0.862. The van der Waals surface area contributed by atoms with Crippen LogP contribution in [0.15, 0.2) is 55.1 Å². The number of nitrogens with one attached hydrogen (secondary N) is 1. The minimum atomic E-state index is -0.102. The molecular formula is C16H15NO. The second-order valence-electron chi connectivity index (χ2n) is 4.15. The van der Waals surface area contributed by atoms with Gasteiger partial charge in [-0.2, -0.15) is 0 Å². The smallest absolute Gasteiger partial charge is 0.255 e. The number of aryl methyl sites for hydroxylation is 1. The van der Waals surface area contributed by atoms with Crippen LogP contribution in [0, 0.1) is 6.92 Å². The molecule has 1 amide bonds. The van der Waals surface area contributed by atoms with Crippen molar-refractivity contribution in [3.05, 3.63) is 71.8 Å². The third kappa shape index (κ3) is 2.86. The van der Waals surface area contributed by atoms with Gasteiger partial charge in [0.15, 0.2) is 0 Å². The highest BCUT2D eigenvalue weighted by Crippen LogP contribution is 2.11. The summed E-state index contributed by atoms with van der Waals surface area (Å²) < 4.78 is 0. The molecule has 0 saturated heterocycles. The van der Waals surface area contributed by atoms with E-state index >= 15 is 0 Å². The molecule has 2 nitrogen and oxygen atoms in total. The maximum atomic E-state index is 12.0. The van der Waals surface area contributed by atoms with Gasteiger partial charge in [0.05, 0.1) is 0 Å². The Kier molecular flexibility index (Phi) is 3.58. The molecule has 0 spiro atoms. The molecule has 2 heteroatoms. The van der Waals surface area contributed by atoms with E-state index in [9.17, 15) is 4.79 Å². The molecule has 0 radical (unpaired) electrons. The molecule has 1 N–H and O–H groups in total. The fourth-order valence-electron chi connectivity index (χ4n) is 1.61. The summed E-state index contributed by atoms with van der Waals surface area (Å²) in [6.45, 7) is 5.69. The van der Waals surface area contributed by atoms with E-state index in [0.29, 0.717) is 5.56 Å². The Bertz CT molecular complexity index is 553. The second-order valence-corrected chi connectivity index (χ2v) is 4.15. The van der Waals surface area contributed by atoms with Gasteiger partial charge in [0.1, 0.15) is 0 Å². The Morgan fingerprint density at radius 3 is 2.22 bits per heavy atom. The average molecular weight is 237 g/mol. The van der Waals surface area contributed by atoms with Crippen molar-refractivity contribution in [3.63, 3.8) is 0 Å². The van der Waals surface area contributed by atoms with E-state index in [1.165, 1.54) is 5.56 Å². The third-order valence-electron chi connectivity index (χ3n) is 2.72. The molecule has 2 aromatic carbocycles. The van der Waals surface area contributed by atoms with Crippen LogP contribution in [0.25, 0.3) is 6.08 Å². The van der Waals surface area contributed by atoms with Crippen LogP contribution in [0.1, 0.15) is 21.5 Å². The van der Waals surface area contributed by atoms with Crippen molar-refractivity contribution >= 4 is 17.7 Å². The molecule has 0 aliphatic heterocycles. The highest BCUT2D eigenvalue weighted by Gasteiger charge is 2.05. The van der Waals surface area contributed by atoms with Gasteiger partial charge in [0.2, 0.25) is 0 Å². The molecule has 0 aliphatic rings. The van der Waals surface area contributed by atoms with Gasteiger partial charge in [-0.3, -0.25) is 4.79 Å². The minimum absolute atomic E-state index is 0.102. The van der Waals surface area contributed by atoms with E-state index in [4.69, 9.17) is 0 Å². The van der Waals surface area contributed by atoms with Gasteiger partial charge in [-0.25, -0.2) is 0 Å². The number of hydrogen-bond acceptors (Lipinski definition) is 1. The van der Waals surface area contributed by atoms with Crippen molar-refractivity contribution < 1.29 is 4.79 Å². The molecule has 0 heterocycles. The monoisotopic (exact) mass is 237 g/mol. The van der Waals surface area contributed by atoms with Crippen molar-refractivity contribution in [3.8, 4) is 0 Å². The molecule has 0 fully saturated rings. The maximum Gasteiger partial charge on any atom is 0.255 e. The van der Waals surface area contributed by atoms with Crippen LogP contribution >= 0.6 is 0 Å². The first-order valence-electron chi connectivity index (χ1n) is 5.79. The predicted molar refractivity (Wildman–Crippen MR) is 75.7 cm³/mol. The Morgan fingerprint density at radius 2 is 1.67 bits per heavy atom. The largest absolute Gasteiger partial charge is 0.322 e. The zero-order valence-corrected chi connectivity index (χ0v) is 10.3. The van der Waals surface area contributed by atoms with E-state index in [1.54, 1.807) is 18.2 Å². The number of anilines is 1. The van der Waals surface area contributed by atoms with Crippen LogP contribution in [0.5, 0.6) is 0 Å². The van der Waals surface area contributed by atoms with Crippen LogP contribution in [0.2, 0.25) is 0 Å². The molecule has 2 aromatic rings. The Labute approximate surface area is 107 Å². The summed E-state index contributed by atoms with van der Waals surface area (Å²) in [7, 11) is 0. The number of benzene rings is 2. The van der Waals surface area contributed by atoms with Crippen molar-refractivity contribution in [2.75, 3.05) is 5.32 Å². The van der Waals surface area contributed by atoms with Crippen molar-refractivity contribution in [2.24, 2.45) is 0 Å². The number of amides is 1. The molecular weight excluding hydrogens is 222 g/mol. The average Bonchev–Trinajstić information content (AvgIpc) is 2.41. The number of carbonyl (C=O) groups is 1. The summed E-state index contributed by atoms with van der Waals surface area (Å²) in [6, 6.07) is 15.1. The fraction of sp³-hybridized carbons (Fsp3) is 0.0625. The van der Waals surface area contributed by atoms with Crippen LogP contribution in [0.4, 0.5) is 5.69 Å². The van der Waals surface area contributed by atoms with Gasteiger partial charge in [0.25, 0.3) is 5.91 Å². The molecule has 0 aliphatic carbocycles. The first-order valence-corrected chi connectivity index (χ1v) is 5.79. The first-order chi connectivity index (χ1) is 8.69. The van der Waals surface area contributed by atoms with Gasteiger partial charge >= 0.3 is 0 Å². The molecule has 0 saturated carbocycles. The molecule has 0 bridgehead atoms. The van der Waals surface area contributed by atoms with Gasteiger partial charge in [0, 0.05) is 11.3 Å². The first kappa shape index (κ1) is 12.1. The molecule has 90 valence electrons. The van der Waals surface area contributed by atoms with Crippen LogP contribution in [-0.2, 0) is 0 Å². The Morgan fingerprint density at radius 1 is 1.06 bits per heavy atom. The van der Waals surface area contributed by atoms with Crippen LogP contribution in [-0.4, -0.2) is 5.91 Å². The zero-order valence-electron chi connectivity index (χ0n) is 10.3. The van der Waals surface area contributed by atoms with Gasteiger partial charge in [-0.05, 0) is 36.8 Å². The highest BCUT2D eigenvalue weighted by atomic mass is 16.1. The third-order valence-corrected chi connectivity index (χ3v) is 2.72. The zero-order chi connectivity index (χ0) is 13.0. The SMILES string of the molecule is C=Cc1ccc(C(=O)Nc2ccc(C)cc2)cc1. The number of hydrogen-bond donors (Lipinski definition) is 1. The lowest BCUT2D eigenvalue weighted by Crippen LogP contribution is -2.11. The lowest BCUT2D eigenvalue weighted by molar-refractivity contribution is 0.102. The van der Waals surface area contributed by atoms with E-state index in [-0.39, 0.29) is 5.91 Å². The molecule has 0 unspecified atom stereocenters. The van der Waals surface area contributed by atoms with Gasteiger partial charge in [-0.1, -0.05) is 42.5 Å². The van der Waals surface area contributed by atoms with Crippen LogP contribution < -0.4 is 5.32 Å². The lowest BCUT2D eigenvalue weighted by Gasteiger charge is -2.05. The minimum Gasteiger partial charge on any atom is -0.322 e. The maximum absolute atomic E-state index is 12.0. The van der Waals surface area contributed by atoms with Crippen molar-refractivity contribution in [2.45, 2.75) is 6.92 Å². The normalized spacial score (nSPS) is 9.83. The molecule has 18 heavy (non-hydrogen) atoms. The predicted octanol–water partition coefficient (Wildman–Crippen LogP) is 3.89. The highest BCUT2D eigenvalue weighted by molar-refractivity contribution is 6.04. The number of rotatable bonds is 3. The van der Waals surface area contributed by atoms with E-state index < -0.39 is 0 Å². The van der Waals surface area contributed by atoms with Gasteiger partial charge < -0.3 is 5.32 Å². The molecule has 0 aromatic heterocycles. The van der Waals surface area contributed by atoms with E-state index in [0.717, 1.165) is 11.3 Å². The van der Waals surface area contributed by atoms with Crippen LogP contribution in [0.3, 0.4) is 0 Å². The lowest BCUT2D eigenvalue weighted by atomic mass is 10.1. The molecule has 0 atom stereocenters. The molecule has 2 rings (SSSR count). The second kappa shape index (κ2) is 5.32. The van der Waals surface area contributed by atoms with Gasteiger partial charge in [-0.15, -0.1) is 0 Å². The van der Waals surface area contributed by atoms with Crippen molar-refractivity contribution in [1.82, 2.24) is 0 Å². The topological polar surface area (TPSA) is 29.1 Å². The summed E-state index contributed by atoms with van der Waals surface area (Å²) in [4.78, 5) is 12.0. The van der Waals surface area contributed by atoms with Crippen molar-refractivity contribution in [1.29, 1.82) is 0 Å². The van der Waals surface area contributed by atoms with E-state index in [1.807, 2.05) is 43.3 Å². The Balaban J connectivity index is 2.11. The van der Waals surface area contributed by atoms with E-state index in [2.05, 4.69) is 11.9 Å². The fourth-order valence-corrected chi connectivity index (χ4v) is 1.61. The Hall–Kier alpha value is -2.35.